The molecule has 1 saturated heterocycles. The van der Waals surface area contributed by atoms with Crippen LogP contribution < -0.4 is 0 Å². The van der Waals surface area contributed by atoms with Gasteiger partial charge in [-0.25, -0.2) is 13.2 Å². The van der Waals surface area contributed by atoms with Crippen LogP contribution in [-0.4, -0.2) is 36.4 Å². The van der Waals surface area contributed by atoms with Gasteiger partial charge in [0, 0.05) is 12.6 Å². The van der Waals surface area contributed by atoms with Gasteiger partial charge >= 0.3 is 5.97 Å². The van der Waals surface area contributed by atoms with Gasteiger partial charge in [-0.3, -0.25) is 0 Å². The number of nitrogens with zero attached hydrogens (tertiary/aromatic N) is 1. The molecule has 1 aliphatic rings. The van der Waals surface area contributed by atoms with E-state index in [1.54, 1.807) is 4.31 Å². The van der Waals surface area contributed by atoms with Crippen molar-refractivity contribution in [2.45, 2.75) is 30.2 Å². The van der Waals surface area contributed by atoms with Crippen molar-refractivity contribution in [3.63, 3.8) is 0 Å². The third-order valence-electron chi connectivity index (χ3n) is 4.35. The van der Waals surface area contributed by atoms with Crippen molar-refractivity contribution >= 4 is 16.0 Å². The van der Waals surface area contributed by atoms with Crippen molar-refractivity contribution in [3.8, 4) is 0 Å². The van der Waals surface area contributed by atoms with Crippen LogP contribution in [0.3, 0.4) is 0 Å². The van der Waals surface area contributed by atoms with Crippen molar-refractivity contribution in [1.29, 1.82) is 0 Å². The first-order valence-electron chi connectivity index (χ1n) is 7.87. The lowest BCUT2D eigenvalue weighted by atomic mass is 10.1. The highest BCUT2D eigenvalue weighted by atomic mass is 32.2. The molecular formula is C18H19NO4S. The van der Waals surface area contributed by atoms with E-state index >= 15 is 0 Å². The molecule has 5 nitrogen and oxygen atoms in total. The molecule has 2 aromatic carbocycles. The molecule has 2 aromatic rings. The minimum Gasteiger partial charge on any atom is -0.478 e. The lowest BCUT2D eigenvalue weighted by Gasteiger charge is -2.24. The zero-order valence-electron chi connectivity index (χ0n) is 13.1. The van der Waals surface area contributed by atoms with Gasteiger partial charge in [0.1, 0.15) is 0 Å². The van der Waals surface area contributed by atoms with Gasteiger partial charge in [-0.2, -0.15) is 4.31 Å². The lowest BCUT2D eigenvalue weighted by molar-refractivity contribution is 0.0696. The Hall–Kier alpha value is -2.18. The molecule has 24 heavy (non-hydrogen) atoms. The molecule has 1 heterocycles. The first-order chi connectivity index (χ1) is 11.5. The van der Waals surface area contributed by atoms with E-state index < -0.39 is 16.0 Å². The predicted molar refractivity (Wildman–Crippen MR) is 90.5 cm³/mol. The van der Waals surface area contributed by atoms with E-state index in [4.69, 9.17) is 5.11 Å². The molecule has 6 heteroatoms. The molecule has 0 radical (unpaired) electrons. The molecule has 0 spiro atoms. The minimum absolute atomic E-state index is 0.0587. The summed E-state index contributed by atoms with van der Waals surface area (Å²) in [4.78, 5) is 11.1. The van der Waals surface area contributed by atoms with E-state index in [9.17, 15) is 13.2 Å². The Morgan fingerprint density at radius 1 is 1.08 bits per heavy atom. The van der Waals surface area contributed by atoms with Crippen LogP contribution in [0.2, 0.25) is 0 Å². The van der Waals surface area contributed by atoms with Gasteiger partial charge in [0.2, 0.25) is 10.0 Å². The van der Waals surface area contributed by atoms with Gasteiger partial charge in [0.15, 0.2) is 0 Å². The third kappa shape index (κ3) is 3.34. The molecule has 0 aromatic heterocycles. The van der Waals surface area contributed by atoms with Crippen molar-refractivity contribution in [2.24, 2.45) is 0 Å². The van der Waals surface area contributed by atoms with Gasteiger partial charge in [0.05, 0.1) is 10.5 Å². The van der Waals surface area contributed by atoms with E-state index in [1.165, 1.54) is 24.3 Å². The van der Waals surface area contributed by atoms with Crippen LogP contribution in [0.4, 0.5) is 0 Å². The van der Waals surface area contributed by atoms with Crippen LogP contribution in [-0.2, 0) is 16.4 Å². The summed E-state index contributed by atoms with van der Waals surface area (Å²) in [5.74, 6) is -1.07. The highest BCUT2D eigenvalue weighted by Crippen LogP contribution is 2.28. The van der Waals surface area contributed by atoms with Gasteiger partial charge in [0.25, 0.3) is 0 Å². The van der Waals surface area contributed by atoms with Gasteiger partial charge in [-0.1, -0.05) is 30.3 Å². The number of carbonyl (C=O) groups is 1. The molecule has 1 aliphatic heterocycles. The third-order valence-corrected chi connectivity index (χ3v) is 6.31. The Kier molecular flexibility index (Phi) is 4.69. The molecule has 1 unspecified atom stereocenters. The van der Waals surface area contributed by atoms with Gasteiger partial charge in [-0.15, -0.1) is 0 Å². The fourth-order valence-electron chi connectivity index (χ4n) is 3.12. The topological polar surface area (TPSA) is 74.7 Å². The van der Waals surface area contributed by atoms with Crippen LogP contribution in [0, 0.1) is 0 Å². The van der Waals surface area contributed by atoms with E-state index in [2.05, 4.69) is 0 Å². The van der Waals surface area contributed by atoms with Crippen LogP contribution in [0.5, 0.6) is 0 Å². The zero-order chi connectivity index (χ0) is 17.2. The average Bonchev–Trinajstić information content (AvgIpc) is 3.05. The molecule has 0 bridgehead atoms. The number of benzene rings is 2. The Bertz CT molecular complexity index is 816. The molecule has 1 atom stereocenters. The van der Waals surface area contributed by atoms with E-state index in [1.807, 2.05) is 30.3 Å². The summed E-state index contributed by atoms with van der Waals surface area (Å²) in [7, 11) is -3.61. The Balaban J connectivity index is 1.83. The van der Waals surface area contributed by atoms with E-state index in [-0.39, 0.29) is 16.5 Å². The van der Waals surface area contributed by atoms with Crippen molar-refractivity contribution in [1.82, 2.24) is 4.31 Å². The smallest absolute Gasteiger partial charge is 0.335 e. The average molecular weight is 345 g/mol. The Morgan fingerprint density at radius 3 is 2.38 bits per heavy atom. The SMILES string of the molecule is O=C(O)c1ccc(S(=O)(=O)N2CCCC2Cc2ccccc2)cc1. The summed E-state index contributed by atoms with van der Waals surface area (Å²) in [5, 5.41) is 8.94. The first kappa shape index (κ1) is 16.7. The second-order valence-corrected chi connectivity index (χ2v) is 7.82. The zero-order valence-corrected chi connectivity index (χ0v) is 13.9. The highest BCUT2D eigenvalue weighted by molar-refractivity contribution is 7.89. The fraction of sp³-hybridized carbons (Fsp3) is 0.278. The summed E-state index contributed by atoms with van der Waals surface area (Å²) in [6, 6.07) is 15.2. The monoisotopic (exact) mass is 345 g/mol. The largest absolute Gasteiger partial charge is 0.478 e. The van der Waals surface area contributed by atoms with Gasteiger partial charge < -0.3 is 5.11 Å². The van der Waals surface area contributed by atoms with Crippen molar-refractivity contribution < 1.29 is 18.3 Å². The molecular weight excluding hydrogens is 326 g/mol. The van der Waals surface area contributed by atoms with Crippen molar-refractivity contribution in [3.05, 3.63) is 65.7 Å². The number of carboxylic acid groups (broad SMARTS) is 1. The van der Waals surface area contributed by atoms with E-state index in [0.29, 0.717) is 13.0 Å². The molecule has 1 fully saturated rings. The summed E-state index contributed by atoms with van der Waals surface area (Å²) in [5.41, 5.74) is 1.20. The number of sulfonamides is 1. The summed E-state index contributed by atoms with van der Waals surface area (Å²) >= 11 is 0. The second-order valence-electron chi connectivity index (χ2n) is 5.93. The summed E-state index contributed by atoms with van der Waals surface area (Å²) < 4.78 is 27.3. The quantitative estimate of drug-likeness (QED) is 0.904. The van der Waals surface area contributed by atoms with Crippen molar-refractivity contribution in [2.75, 3.05) is 6.54 Å². The van der Waals surface area contributed by atoms with Gasteiger partial charge in [-0.05, 0) is 49.1 Å². The maximum Gasteiger partial charge on any atom is 0.335 e. The molecule has 0 amide bonds. The van der Waals surface area contributed by atoms with E-state index in [0.717, 1.165) is 18.4 Å². The number of hydrogen-bond acceptors (Lipinski definition) is 3. The number of rotatable bonds is 5. The molecule has 0 aliphatic carbocycles. The number of hydrogen-bond donors (Lipinski definition) is 1. The number of aromatic carboxylic acids is 1. The first-order valence-corrected chi connectivity index (χ1v) is 9.31. The Morgan fingerprint density at radius 2 is 1.75 bits per heavy atom. The van der Waals surface area contributed by atoms with Crippen LogP contribution in [0.1, 0.15) is 28.8 Å². The molecule has 126 valence electrons. The standard InChI is InChI=1S/C18H19NO4S/c20-18(21)15-8-10-17(11-9-15)24(22,23)19-12-4-7-16(19)13-14-5-2-1-3-6-14/h1-3,5-6,8-11,16H,4,7,12-13H2,(H,20,21). The minimum atomic E-state index is -3.61. The summed E-state index contributed by atoms with van der Waals surface area (Å²) in [6.07, 6.45) is 2.36. The second kappa shape index (κ2) is 6.75. The molecule has 3 rings (SSSR count). The maximum atomic E-state index is 12.9. The van der Waals surface area contributed by atoms with Crippen LogP contribution in [0.15, 0.2) is 59.5 Å². The maximum absolute atomic E-state index is 12.9. The summed E-state index contributed by atoms with van der Waals surface area (Å²) in [6.45, 7) is 0.501. The fourth-order valence-corrected chi connectivity index (χ4v) is 4.81. The Labute approximate surface area is 141 Å². The predicted octanol–water partition coefficient (Wildman–Crippen LogP) is 2.78. The molecule has 0 saturated carbocycles. The lowest BCUT2D eigenvalue weighted by Crippen LogP contribution is -2.36. The van der Waals surface area contributed by atoms with Crippen LogP contribution >= 0.6 is 0 Å². The normalized spacial score (nSPS) is 18.6. The highest BCUT2D eigenvalue weighted by Gasteiger charge is 2.35. The molecule has 1 N–H and O–H groups in total. The van der Waals surface area contributed by atoms with Crippen LogP contribution in [0.25, 0.3) is 0 Å². The number of carboxylic acids is 1.